The Morgan fingerprint density at radius 1 is 1.06 bits per heavy atom. The van der Waals surface area contributed by atoms with Gasteiger partial charge in [-0.05, 0) is 56.6 Å². The largest absolute Gasteiger partial charge is 0.299 e. The lowest BCUT2D eigenvalue weighted by atomic mass is 10.1. The Bertz CT molecular complexity index is 390. The Morgan fingerprint density at radius 3 is 2.67 bits per heavy atom. The summed E-state index contributed by atoms with van der Waals surface area (Å²) in [5, 5.41) is 0. The number of benzene rings is 1. The van der Waals surface area contributed by atoms with Crippen LogP contribution in [0.5, 0.6) is 0 Å². The monoisotopic (exact) mass is 308 g/mol. The average molecular weight is 309 g/mol. The van der Waals surface area contributed by atoms with E-state index in [1.54, 1.807) is 0 Å². The van der Waals surface area contributed by atoms with Crippen LogP contribution >= 0.6 is 15.9 Å². The van der Waals surface area contributed by atoms with Crippen LogP contribution in [0.15, 0.2) is 28.7 Å². The zero-order chi connectivity index (χ0) is 12.4. The van der Waals surface area contributed by atoms with E-state index < -0.39 is 0 Å². The highest BCUT2D eigenvalue weighted by atomic mass is 79.9. The summed E-state index contributed by atoms with van der Waals surface area (Å²) in [6.07, 6.45) is 4.13. The topological polar surface area (TPSA) is 6.48 Å². The van der Waals surface area contributed by atoms with E-state index in [0.29, 0.717) is 0 Å². The van der Waals surface area contributed by atoms with Crippen LogP contribution < -0.4 is 0 Å². The van der Waals surface area contributed by atoms with Crippen LogP contribution in [-0.4, -0.2) is 42.0 Å². The van der Waals surface area contributed by atoms with E-state index >= 15 is 0 Å². The van der Waals surface area contributed by atoms with E-state index in [1.165, 1.54) is 55.5 Å². The quantitative estimate of drug-likeness (QED) is 0.828. The molecule has 3 heteroatoms. The molecule has 2 nitrogen and oxygen atoms in total. The molecule has 0 saturated carbocycles. The Balaban J connectivity index is 1.63. The maximum atomic E-state index is 3.50. The number of halogens is 1. The molecule has 1 aromatic rings. The molecule has 2 fully saturated rings. The van der Waals surface area contributed by atoms with Gasteiger partial charge in [-0.1, -0.05) is 28.1 Å². The summed E-state index contributed by atoms with van der Waals surface area (Å²) in [6.45, 7) is 6.26. The van der Waals surface area contributed by atoms with Gasteiger partial charge in [0.1, 0.15) is 0 Å². The average Bonchev–Trinajstić information content (AvgIpc) is 2.71. The van der Waals surface area contributed by atoms with E-state index in [1.807, 2.05) is 0 Å². The molecule has 2 aliphatic rings. The molecule has 1 atom stereocenters. The fourth-order valence-electron chi connectivity index (χ4n) is 3.27. The lowest BCUT2D eigenvalue weighted by molar-refractivity contribution is 0.215. The van der Waals surface area contributed by atoms with Crippen LogP contribution in [0.4, 0.5) is 0 Å². The van der Waals surface area contributed by atoms with Crippen molar-refractivity contribution >= 4 is 15.9 Å². The van der Waals surface area contributed by atoms with Gasteiger partial charge in [0, 0.05) is 23.6 Å². The summed E-state index contributed by atoms with van der Waals surface area (Å²) >= 11 is 3.50. The highest BCUT2D eigenvalue weighted by Crippen LogP contribution is 2.22. The molecular weight excluding hydrogens is 288 g/mol. The highest BCUT2D eigenvalue weighted by molar-refractivity contribution is 9.10. The van der Waals surface area contributed by atoms with Crippen molar-refractivity contribution in [3.63, 3.8) is 0 Å². The SMILES string of the molecule is Brc1ccc(CN2CCCN3CCC[C@@H]3C2)cc1. The van der Waals surface area contributed by atoms with Gasteiger partial charge in [-0.15, -0.1) is 0 Å². The first kappa shape index (κ1) is 12.6. The van der Waals surface area contributed by atoms with Gasteiger partial charge in [0.25, 0.3) is 0 Å². The standard InChI is InChI=1S/C15H21BrN2/c16-14-6-4-13(5-7-14)11-17-8-2-10-18-9-1-3-15(18)12-17/h4-7,15H,1-3,8-12H2/t15-/m1/s1. The maximum Gasteiger partial charge on any atom is 0.0234 e. The number of rotatable bonds is 2. The highest BCUT2D eigenvalue weighted by Gasteiger charge is 2.28. The van der Waals surface area contributed by atoms with E-state index in [2.05, 4.69) is 50.0 Å². The first-order valence-electron chi connectivity index (χ1n) is 7.02. The van der Waals surface area contributed by atoms with Gasteiger partial charge in [-0.2, -0.15) is 0 Å². The molecule has 0 radical (unpaired) electrons. The fraction of sp³-hybridized carbons (Fsp3) is 0.600. The summed E-state index contributed by atoms with van der Waals surface area (Å²) in [5.74, 6) is 0. The van der Waals surface area contributed by atoms with Crippen molar-refractivity contribution in [3.05, 3.63) is 34.3 Å². The zero-order valence-electron chi connectivity index (χ0n) is 10.8. The molecule has 0 spiro atoms. The van der Waals surface area contributed by atoms with E-state index in [-0.39, 0.29) is 0 Å². The molecule has 2 heterocycles. The van der Waals surface area contributed by atoms with Crippen molar-refractivity contribution in [1.29, 1.82) is 0 Å². The van der Waals surface area contributed by atoms with Gasteiger partial charge in [0.05, 0.1) is 0 Å². The van der Waals surface area contributed by atoms with Crippen LogP contribution in [0.2, 0.25) is 0 Å². The molecule has 2 aliphatic heterocycles. The van der Waals surface area contributed by atoms with Gasteiger partial charge < -0.3 is 0 Å². The van der Waals surface area contributed by atoms with Crippen molar-refractivity contribution in [2.24, 2.45) is 0 Å². The molecule has 0 bridgehead atoms. The third-order valence-electron chi connectivity index (χ3n) is 4.21. The third-order valence-corrected chi connectivity index (χ3v) is 4.74. The van der Waals surface area contributed by atoms with Crippen LogP contribution in [0, 0.1) is 0 Å². The Labute approximate surface area is 118 Å². The summed E-state index contributed by atoms with van der Waals surface area (Å²) in [6, 6.07) is 9.59. The maximum absolute atomic E-state index is 3.50. The van der Waals surface area contributed by atoms with Crippen molar-refractivity contribution in [2.75, 3.05) is 26.2 Å². The van der Waals surface area contributed by atoms with Gasteiger partial charge in [0.15, 0.2) is 0 Å². The summed E-state index contributed by atoms with van der Waals surface area (Å²) in [4.78, 5) is 5.33. The van der Waals surface area contributed by atoms with Crippen molar-refractivity contribution in [2.45, 2.75) is 31.8 Å². The van der Waals surface area contributed by atoms with Gasteiger partial charge in [0.2, 0.25) is 0 Å². The molecule has 2 saturated heterocycles. The molecule has 3 rings (SSSR count). The van der Waals surface area contributed by atoms with Crippen LogP contribution in [0.3, 0.4) is 0 Å². The normalized spacial score (nSPS) is 25.9. The van der Waals surface area contributed by atoms with Crippen LogP contribution in [0.1, 0.15) is 24.8 Å². The van der Waals surface area contributed by atoms with Crippen molar-refractivity contribution in [3.8, 4) is 0 Å². The summed E-state index contributed by atoms with van der Waals surface area (Å²) < 4.78 is 1.17. The zero-order valence-corrected chi connectivity index (χ0v) is 12.4. The molecular formula is C15H21BrN2. The van der Waals surface area contributed by atoms with E-state index in [4.69, 9.17) is 0 Å². The van der Waals surface area contributed by atoms with Crippen molar-refractivity contribution < 1.29 is 0 Å². The summed E-state index contributed by atoms with van der Waals surface area (Å²) in [7, 11) is 0. The number of nitrogens with zero attached hydrogens (tertiary/aromatic N) is 2. The van der Waals surface area contributed by atoms with Crippen LogP contribution in [-0.2, 0) is 6.54 Å². The molecule has 0 N–H and O–H groups in total. The van der Waals surface area contributed by atoms with Crippen LogP contribution in [0.25, 0.3) is 0 Å². The lowest BCUT2D eigenvalue weighted by Crippen LogP contribution is -2.36. The van der Waals surface area contributed by atoms with E-state index in [9.17, 15) is 0 Å². The minimum absolute atomic E-state index is 0.822. The molecule has 0 unspecified atom stereocenters. The number of hydrogen-bond donors (Lipinski definition) is 0. The molecule has 0 aliphatic carbocycles. The predicted molar refractivity (Wildman–Crippen MR) is 78.6 cm³/mol. The first-order valence-corrected chi connectivity index (χ1v) is 7.81. The molecule has 98 valence electrons. The van der Waals surface area contributed by atoms with Gasteiger partial charge in [-0.3, -0.25) is 9.80 Å². The smallest absolute Gasteiger partial charge is 0.0234 e. The predicted octanol–water partition coefficient (Wildman–Crippen LogP) is 3.12. The minimum Gasteiger partial charge on any atom is -0.299 e. The third kappa shape index (κ3) is 2.95. The lowest BCUT2D eigenvalue weighted by Gasteiger charge is -2.25. The minimum atomic E-state index is 0.822. The second-order valence-electron chi connectivity index (χ2n) is 5.55. The number of hydrogen-bond acceptors (Lipinski definition) is 2. The number of fused-ring (bicyclic) bond motifs is 1. The fourth-order valence-corrected chi connectivity index (χ4v) is 3.54. The second-order valence-corrected chi connectivity index (χ2v) is 6.46. The van der Waals surface area contributed by atoms with Gasteiger partial charge in [-0.25, -0.2) is 0 Å². The Hall–Kier alpha value is -0.380. The van der Waals surface area contributed by atoms with Crippen molar-refractivity contribution in [1.82, 2.24) is 9.80 Å². The molecule has 1 aromatic carbocycles. The Kier molecular flexibility index (Phi) is 4.02. The first-order chi connectivity index (χ1) is 8.81. The van der Waals surface area contributed by atoms with Gasteiger partial charge >= 0.3 is 0 Å². The summed E-state index contributed by atoms with van der Waals surface area (Å²) in [5.41, 5.74) is 1.43. The second kappa shape index (κ2) is 5.72. The molecule has 18 heavy (non-hydrogen) atoms. The molecule has 0 aromatic heterocycles. The van der Waals surface area contributed by atoms with E-state index in [0.717, 1.165) is 12.6 Å². The Morgan fingerprint density at radius 2 is 1.83 bits per heavy atom. The molecule has 0 amide bonds.